The van der Waals surface area contributed by atoms with Gasteiger partial charge in [-0.2, -0.15) is 0 Å². The van der Waals surface area contributed by atoms with Crippen LogP contribution in [0.4, 0.5) is 0 Å². The maximum absolute atomic E-state index is 11.5. The highest BCUT2D eigenvalue weighted by Crippen LogP contribution is 2.26. The molecule has 1 fully saturated rings. The average molecular weight is 207 g/mol. The van der Waals surface area contributed by atoms with Crippen LogP contribution in [-0.4, -0.2) is 23.0 Å². The van der Waals surface area contributed by atoms with Crippen molar-refractivity contribution in [2.45, 2.75) is 38.5 Å². The molecule has 1 aliphatic heterocycles. The van der Waals surface area contributed by atoms with E-state index in [2.05, 4.69) is 0 Å². The lowest BCUT2D eigenvalue weighted by Crippen LogP contribution is -2.37. The van der Waals surface area contributed by atoms with E-state index in [0.29, 0.717) is 6.42 Å². The number of carbonyl (C=O) groups is 1. The van der Waals surface area contributed by atoms with Gasteiger partial charge in [0.05, 0.1) is 12.5 Å². The third kappa shape index (κ3) is 2.43. The molecule has 1 atom stereocenters. The molecule has 1 heterocycles. The van der Waals surface area contributed by atoms with Crippen molar-refractivity contribution < 1.29 is 22.7 Å². The van der Waals surface area contributed by atoms with Crippen molar-refractivity contribution in [2.24, 2.45) is 5.92 Å². The van der Waals surface area contributed by atoms with Gasteiger partial charge < -0.3 is 4.74 Å². The number of ether oxygens (including phenoxy) is 1. The molecule has 0 radical (unpaired) electrons. The molecule has 0 aromatic rings. The van der Waals surface area contributed by atoms with Crippen LogP contribution in [0.15, 0.2) is 0 Å². The van der Waals surface area contributed by atoms with Crippen LogP contribution < -0.4 is 0 Å². The Morgan fingerprint density at radius 3 is 3.00 bits per heavy atom. The van der Waals surface area contributed by atoms with Crippen LogP contribution in [0.3, 0.4) is 0 Å². The Balaban J connectivity index is 3.23. The SMILES string of the molecule is [2H]C([2H])([2H])C(CC1CCCOC1=O)([N+](=O)[O-])C([2H])([2H])[2H]. The van der Waals surface area contributed by atoms with E-state index < -0.39 is 42.5 Å². The molecule has 1 unspecified atom stereocenters. The topological polar surface area (TPSA) is 69.4 Å². The Morgan fingerprint density at radius 2 is 2.50 bits per heavy atom. The van der Waals surface area contributed by atoms with Gasteiger partial charge in [-0.1, -0.05) is 0 Å². The molecule has 0 N–H and O–H groups in total. The van der Waals surface area contributed by atoms with Crippen LogP contribution in [0.2, 0.25) is 0 Å². The van der Waals surface area contributed by atoms with E-state index in [0.717, 1.165) is 0 Å². The Bertz CT molecular complexity index is 390. The lowest BCUT2D eigenvalue weighted by atomic mass is 9.87. The summed E-state index contributed by atoms with van der Waals surface area (Å²) < 4.78 is 48.4. The van der Waals surface area contributed by atoms with Gasteiger partial charge >= 0.3 is 5.97 Å². The van der Waals surface area contributed by atoms with Crippen molar-refractivity contribution >= 4 is 5.97 Å². The summed E-state index contributed by atoms with van der Waals surface area (Å²) in [5.41, 5.74) is -3.17. The first-order valence-corrected chi connectivity index (χ1v) is 4.24. The second kappa shape index (κ2) is 3.94. The Morgan fingerprint density at radius 1 is 1.79 bits per heavy atom. The average Bonchev–Trinajstić information content (AvgIpc) is 2.23. The first kappa shape index (κ1) is 5.09. The number of nitro groups is 1. The number of hydrogen-bond donors (Lipinski definition) is 0. The molecule has 5 heteroatoms. The fourth-order valence-corrected chi connectivity index (χ4v) is 1.35. The summed E-state index contributed by atoms with van der Waals surface area (Å²) in [5.74, 6) is -1.87. The van der Waals surface area contributed by atoms with Gasteiger partial charge in [0.15, 0.2) is 0 Å². The van der Waals surface area contributed by atoms with E-state index in [1.807, 2.05) is 0 Å². The maximum atomic E-state index is 11.5. The molecule has 0 aliphatic carbocycles. The van der Waals surface area contributed by atoms with E-state index in [1.165, 1.54) is 0 Å². The van der Waals surface area contributed by atoms with Gasteiger partial charge in [0.2, 0.25) is 5.54 Å². The zero-order chi connectivity index (χ0) is 15.8. The zero-order valence-corrected chi connectivity index (χ0v) is 7.49. The molecule has 0 bridgehead atoms. The van der Waals surface area contributed by atoms with E-state index >= 15 is 0 Å². The molecular formula is C9H15NO4. The zero-order valence-electron chi connectivity index (χ0n) is 13.5. The number of esters is 1. The Kier molecular flexibility index (Phi) is 1.43. The lowest BCUT2D eigenvalue weighted by molar-refractivity contribution is -0.562. The van der Waals surface area contributed by atoms with Crippen LogP contribution >= 0.6 is 0 Å². The van der Waals surface area contributed by atoms with E-state index in [9.17, 15) is 14.9 Å². The van der Waals surface area contributed by atoms with Crippen molar-refractivity contribution in [1.82, 2.24) is 0 Å². The molecular weight excluding hydrogens is 186 g/mol. The second-order valence-electron chi connectivity index (χ2n) is 3.33. The molecule has 0 saturated carbocycles. The number of rotatable bonds is 3. The fourth-order valence-electron chi connectivity index (χ4n) is 1.35. The number of carbonyl (C=O) groups excluding carboxylic acids is 1. The van der Waals surface area contributed by atoms with Crippen molar-refractivity contribution in [3.63, 3.8) is 0 Å². The monoisotopic (exact) mass is 207 g/mol. The summed E-state index contributed by atoms with van der Waals surface area (Å²) in [7, 11) is 0. The molecule has 0 amide bonds. The van der Waals surface area contributed by atoms with Crippen LogP contribution in [0.1, 0.15) is 41.2 Å². The maximum Gasteiger partial charge on any atom is 0.309 e. The minimum atomic E-state index is -3.36. The molecule has 0 aromatic carbocycles. The summed E-state index contributed by atoms with van der Waals surface area (Å²) in [6, 6.07) is 0. The molecule has 0 aromatic heterocycles. The minimum Gasteiger partial charge on any atom is -0.465 e. The second-order valence-corrected chi connectivity index (χ2v) is 3.33. The van der Waals surface area contributed by atoms with Gasteiger partial charge in [0.1, 0.15) is 0 Å². The number of hydrogen-bond acceptors (Lipinski definition) is 4. The number of cyclic esters (lactones) is 1. The third-order valence-corrected chi connectivity index (χ3v) is 2.13. The van der Waals surface area contributed by atoms with E-state index in [4.69, 9.17) is 13.0 Å². The highest BCUT2D eigenvalue weighted by Gasteiger charge is 2.38. The van der Waals surface area contributed by atoms with Gasteiger partial charge in [-0.15, -0.1) is 0 Å². The van der Waals surface area contributed by atoms with Crippen molar-refractivity contribution in [3.8, 4) is 0 Å². The number of nitrogens with zero attached hydrogens (tertiary/aromatic N) is 1. The molecule has 14 heavy (non-hydrogen) atoms. The normalized spacial score (nSPS) is 31.1. The molecule has 5 nitrogen and oxygen atoms in total. The van der Waals surface area contributed by atoms with Crippen LogP contribution in [0, 0.1) is 16.0 Å². The summed E-state index contributed by atoms with van der Waals surface area (Å²) in [5, 5.41) is 11.2. The predicted octanol–water partition coefficient (Wildman–Crippen LogP) is 1.39. The quantitative estimate of drug-likeness (QED) is 0.398. The van der Waals surface area contributed by atoms with Gasteiger partial charge in [-0.25, -0.2) is 0 Å². The predicted molar refractivity (Wildman–Crippen MR) is 49.4 cm³/mol. The van der Waals surface area contributed by atoms with Gasteiger partial charge in [-0.3, -0.25) is 14.9 Å². The summed E-state index contributed by atoms with van der Waals surface area (Å²) in [4.78, 5) is 21.5. The highest BCUT2D eigenvalue weighted by atomic mass is 16.6. The minimum absolute atomic E-state index is 0.155. The molecule has 1 rings (SSSR count). The first-order valence-electron chi connectivity index (χ1n) is 7.24. The van der Waals surface area contributed by atoms with Crippen LogP contribution in [0.25, 0.3) is 0 Å². The van der Waals surface area contributed by atoms with E-state index in [-0.39, 0.29) is 13.0 Å². The molecule has 80 valence electrons. The largest absolute Gasteiger partial charge is 0.465 e. The van der Waals surface area contributed by atoms with Crippen LogP contribution in [-0.2, 0) is 9.53 Å². The van der Waals surface area contributed by atoms with E-state index in [1.54, 1.807) is 0 Å². The highest BCUT2D eigenvalue weighted by molar-refractivity contribution is 5.73. The Hall–Kier alpha value is -1.13. The fraction of sp³-hybridized carbons (Fsp3) is 0.889. The van der Waals surface area contributed by atoms with Gasteiger partial charge in [-0.05, 0) is 12.8 Å². The van der Waals surface area contributed by atoms with Crippen molar-refractivity contribution in [1.29, 1.82) is 0 Å². The first-order chi connectivity index (χ1) is 8.93. The Labute approximate surface area is 91.0 Å². The lowest BCUT2D eigenvalue weighted by Gasteiger charge is -2.24. The molecule has 1 aliphatic rings. The van der Waals surface area contributed by atoms with Crippen molar-refractivity contribution in [2.75, 3.05) is 6.61 Å². The van der Waals surface area contributed by atoms with Crippen LogP contribution in [0.5, 0.6) is 0 Å². The molecule has 0 spiro atoms. The van der Waals surface area contributed by atoms with Gasteiger partial charge in [0, 0.05) is 33.3 Å². The smallest absolute Gasteiger partial charge is 0.309 e. The van der Waals surface area contributed by atoms with Gasteiger partial charge in [0.25, 0.3) is 0 Å². The molecule has 1 saturated heterocycles. The summed E-state index contributed by atoms with van der Waals surface area (Å²) in [6.45, 7) is -6.57. The van der Waals surface area contributed by atoms with Crippen molar-refractivity contribution in [3.05, 3.63) is 10.1 Å². The third-order valence-electron chi connectivity index (χ3n) is 2.13. The standard InChI is InChI=1S/C9H15NO4/c1-9(2,10(12)13)6-7-4-3-5-14-8(7)11/h7H,3-6H2,1-2H3/i1D3,2D3. The summed E-state index contributed by atoms with van der Waals surface area (Å²) >= 11 is 0. The summed E-state index contributed by atoms with van der Waals surface area (Å²) in [6.07, 6.45) is -0.279.